The number of carboxylic acids is 1. The molecular weight excluding hydrogens is 235 g/mol. The van der Waals surface area contributed by atoms with E-state index in [1.807, 2.05) is 0 Å². The lowest BCUT2D eigenvalue weighted by Gasteiger charge is -1.98. The molecule has 1 N–H and O–H groups in total. The summed E-state index contributed by atoms with van der Waals surface area (Å²) in [7, 11) is 0. The Morgan fingerprint density at radius 1 is 1.28 bits per heavy atom. The van der Waals surface area contributed by atoms with Crippen LogP contribution in [0.2, 0.25) is 0 Å². The van der Waals surface area contributed by atoms with Crippen LogP contribution < -0.4 is 0 Å². The Hall–Kier alpha value is -2.10. The topological polar surface area (TPSA) is 50.4 Å². The van der Waals surface area contributed by atoms with Gasteiger partial charge in [0.1, 0.15) is 17.3 Å². The fourth-order valence-corrected chi connectivity index (χ4v) is 2.14. The third-order valence-electron chi connectivity index (χ3n) is 3.24. The highest BCUT2D eigenvalue weighted by atomic mass is 19.1. The minimum absolute atomic E-state index is 0.0666. The summed E-state index contributed by atoms with van der Waals surface area (Å²) < 4.78 is 19.1. The summed E-state index contributed by atoms with van der Waals surface area (Å²) in [4.78, 5) is 10.8. The van der Waals surface area contributed by atoms with Gasteiger partial charge in [0, 0.05) is 5.92 Å². The van der Waals surface area contributed by atoms with Gasteiger partial charge in [-0.25, -0.2) is 4.39 Å². The standard InChI is InChI=1S/C14H11FO3/c15-11-4-2-1-3-8(11)12-5-6-13(18-12)9-7-10(9)14(16)17/h1-6,9-10H,7H2,(H,16,17)/t9-,10-/m0/s1. The number of aliphatic carboxylic acids is 1. The summed E-state index contributed by atoms with van der Waals surface area (Å²) in [6, 6.07) is 9.77. The van der Waals surface area contributed by atoms with Crippen LogP contribution in [0.4, 0.5) is 4.39 Å². The second-order valence-electron chi connectivity index (χ2n) is 4.47. The Bertz CT molecular complexity index is 603. The van der Waals surface area contributed by atoms with Gasteiger partial charge in [-0.1, -0.05) is 12.1 Å². The molecule has 1 aromatic carbocycles. The minimum Gasteiger partial charge on any atom is -0.481 e. The molecular formula is C14H11FO3. The highest BCUT2D eigenvalue weighted by Crippen LogP contribution is 2.48. The fraction of sp³-hybridized carbons (Fsp3) is 0.214. The molecule has 0 amide bonds. The van der Waals surface area contributed by atoms with Gasteiger partial charge in [-0.2, -0.15) is 0 Å². The van der Waals surface area contributed by atoms with Gasteiger partial charge in [-0.15, -0.1) is 0 Å². The quantitative estimate of drug-likeness (QED) is 0.904. The summed E-state index contributed by atoms with van der Waals surface area (Å²) >= 11 is 0. The highest BCUT2D eigenvalue weighted by Gasteiger charge is 2.46. The van der Waals surface area contributed by atoms with Crippen molar-refractivity contribution in [3.8, 4) is 11.3 Å². The van der Waals surface area contributed by atoms with E-state index < -0.39 is 5.97 Å². The molecule has 3 nitrogen and oxygen atoms in total. The fourth-order valence-electron chi connectivity index (χ4n) is 2.14. The Kier molecular flexibility index (Phi) is 2.44. The van der Waals surface area contributed by atoms with E-state index >= 15 is 0 Å². The van der Waals surface area contributed by atoms with Gasteiger partial charge in [0.05, 0.1) is 11.5 Å². The number of carboxylic acid groups (broad SMARTS) is 1. The summed E-state index contributed by atoms with van der Waals surface area (Å²) in [5, 5.41) is 8.85. The summed E-state index contributed by atoms with van der Waals surface area (Å²) in [5.41, 5.74) is 0.399. The van der Waals surface area contributed by atoms with Crippen LogP contribution in [0, 0.1) is 11.7 Å². The second kappa shape index (κ2) is 3.98. The van der Waals surface area contributed by atoms with Gasteiger partial charge in [0.25, 0.3) is 0 Å². The maximum Gasteiger partial charge on any atom is 0.307 e. The van der Waals surface area contributed by atoms with Crippen molar-refractivity contribution in [2.45, 2.75) is 12.3 Å². The molecule has 1 aromatic heterocycles. The second-order valence-corrected chi connectivity index (χ2v) is 4.47. The zero-order chi connectivity index (χ0) is 12.7. The number of carbonyl (C=O) groups is 1. The third kappa shape index (κ3) is 1.79. The summed E-state index contributed by atoms with van der Waals surface area (Å²) in [6.45, 7) is 0. The highest BCUT2D eigenvalue weighted by molar-refractivity contribution is 5.75. The Labute approximate surface area is 103 Å². The van der Waals surface area contributed by atoms with Crippen LogP contribution >= 0.6 is 0 Å². The van der Waals surface area contributed by atoms with Crippen molar-refractivity contribution in [1.29, 1.82) is 0 Å². The molecule has 0 spiro atoms. The molecule has 0 unspecified atom stereocenters. The normalized spacial score (nSPS) is 21.8. The van der Waals surface area contributed by atoms with Crippen LogP contribution in [0.25, 0.3) is 11.3 Å². The number of furan rings is 1. The summed E-state index contributed by atoms with van der Waals surface area (Å²) in [6.07, 6.45) is 0.597. The summed E-state index contributed by atoms with van der Waals surface area (Å²) in [5.74, 6) is -0.500. The van der Waals surface area contributed by atoms with Gasteiger partial charge >= 0.3 is 5.97 Å². The molecule has 1 fully saturated rings. The number of hydrogen-bond donors (Lipinski definition) is 1. The zero-order valence-corrected chi connectivity index (χ0v) is 9.47. The van der Waals surface area contributed by atoms with Crippen LogP contribution in [-0.4, -0.2) is 11.1 Å². The maximum atomic E-state index is 13.6. The molecule has 0 bridgehead atoms. The van der Waals surface area contributed by atoms with Gasteiger partial charge < -0.3 is 9.52 Å². The number of halogens is 1. The van der Waals surface area contributed by atoms with Crippen LogP contribution in [0.5, 0.6) is 0 Å². The third-order valence-corrected chi connectivity index (χ3v) is 3.24. The molecule has 0 radical (unpaired) electrons. The first-order chi connectivity index (χ1) is 8.66. The predicted octanol–water partition coefficient (Wildman–Crippen LogP) is 3.27. The average molecular weight is 246 g/mol. The molecule has 0 saturated heterocycles. The maximum absolute atomic E-state index is 13.6. The predicted molar refractivity (Wildman–Crippen MR) is 62.6 cm³/mol. The van der Waals surface area contributed by atoms with Crippen molar-refractivity contribution >= 4 is 5.97 Å². The molecule has 2 aromatic rings. The molecule has 4 heteroatoms. The lowest BCUT2D eigenvalue weighted by atomic mass is 10.1. The molecule has 0 aliphatic heterocycles. The van der Waals surface area contributed by atoms with Gasteiger partial charge in [0.2, 0.25) is 0 Å². The monoisotopic (exact) mass is 246 g/mol. The van der Waals surface area contributed by atoms with Crippen molar-refractivity contribution in [1.82, 2.24) is 0 Å². The van der Waals surface area contributed by atoms with Gasteiger partial charge in [-0.3, -0.25) is 4.79 Å². The van der Waals surface area contributed by atoms with E-state index in [1.54, 1.807) is 30.3 Å². The first-order valence-corrected chi connectivity index (χ1v) is 5.74. The van der Waals surface area contributed by atoms with Gasteiger partial charge in [0.15, 0.2) is 0 Å². The smallest absolute Gasteiger partial charge is 0.307 e. The lowest BCUT2D eigenvalue weighted by molar-refractivity contribution is -0.138. The number of benzene rings is 1. The van der Waals surface area contributed by atoms with Crippen LogP contribution in [0.15, 0.2) is 40.8 Å². The minimum atomic E-state index is -0.802. The SMILES string of the molecule is O=C(O)[C@H]1C[C@@H]1c1ccc(-c2ccccc2F)o1. The Morgan fingerprint density at radius 3 is 2.72 bits per heavy atom. The largest absolute Gasteiger partial charge is 0.481 e. The first-order valence-electron chi connectivity index (χ1n) is 5.74. The zero-order valence-electron chi connectivity index (χ0n) is 9.47. The first kappa shape index (κ1) is 11.0. The van der Waals surface area contributed by atoms with E-state index in [4.69, 9.17) is 9.52 Å². The van der Waals surface area contributed by atoms with Crippen LogP contribution in [0.3, 0.4) is 0 Å². The van der Waals surface area contributed by atoms with E-state index in [0.29, 0.717) is 23.5 Å². The van der Waals surface area contributed by atoms with Crippen molar-refractivity contribution in [2.75, 3.05) is 0 Å². The van der Waals surface area contributed by atoms with Crippen molar-refractivity contribution in [2.24, 2.45) is 5.92 Å². The molecule has 1 heterocycles. The van der Waals surface area contributed by atoms with E-state index in [9.17, 15) is 9.18 Å². The van der Waals surface area contributed by atoms with Gasteiger partial charge in [-0.05, 0) is 30.7 Å². The van der Waals surface area contributed by atoms with E-state index in [1.165, 1.54) is 6.07 Å². The molecule has 1 saturated carbocycles. The Morgan fingerprint density at radius 2 is 2.06 bits per heavy atom. The molecule has 1 aliphatic carbocycles. The molecule has 92 valence electrons. The van der Waals surface area contributed by atoms with Crippen LogP contribution in [0.1, 0.15) is 18.1 Å². The lowest BCUT2D eigenvalue weighted by Crippen LogP contribution is -1.98. The van der Waals surface area contributed by atoms with Crippen molar-refractivity contribution < 1.29 is 18.7 Å². The molecule has 1 aliphatic rings. The molecule has 3 rings (SSSR count). The van der Waals surface area contributed by atoms with E-state index in [2.05, 4.69) is 0 Å². The van der Waals surface area contributed by atoms with Crippen molar-refractivity contribution in [3.05, 3.63) is 48.0 Å². The van der Waals surface area contributed by atoms with Crippen molar-refractivity contribution in [3.63, 3.8) is 0 Å². The number of hydrogen-bond acceptors (Lipinski definition) is 2. The Balaban J connectivity index is 1.87. The average Bonchev–Trinajstić information content (AvgIpc) is 3.02. The van der Waals surface area contributed by atoms with E-state index in [0.717, 1.165) is 0 Å². The number of rotatable bonds is 3. The molecule has 18 heavy (non-hydrogen) atoms. The molecule has 2 atom stereocenters. The van der Waals surface area contributed by atoms with Crippen LogP contribution in [-0.2, 0) is 4.79 Å². The van der Waals surface area contributed by atoms with E-state index in [-0.39, 0.29) is 17.7 Å².